The molecule has 0 bridgehead atoms. The van der Waals surface area contributed by atoms with E-state index in [1.165, 1.54) is 4.31 Å². The molecule has 2 atom stereocenters. The summed E-state index contributed by atoms with van der Waals surface area (Å²) in [5, 5.41) is 3.58. The van der Waals surface area contributed by atoms with E-state index in [0.717, 1.165) is 12.8 Å². The Hall–Kier alpha value is -1.06. The third-order valence-electron chi connectivity index (χ3n) is 4.24. The minimum absolute atomic E-state index is 0.160. The van der Waals surface area contributed by atoms with E-state index in [1.54, 1.807) is 14.0 Å². The molecule has 1 saturated carbocycles. The minimum atomic E-state index is -3.23. The van der Waals surface area contributed by atoms with Gasteiger partial charge in [0.05, 0.1) is 11.8 Å². The lowest BCUT2D eigenvalue weighted by Gasteiger charge is -2.27. The first-order valence-electron chi connectivity index (χ1n) is 7.48. The van der Waals surface area contributed by atoms with Crippen LogP contribution in [0.5, 0.6) is 0 Å². The van der Waals surface area contributed by atoms with Gasteiger partial charge in [0.1, 0.15) is 6.17 Å². The Bertz CT molecular complexity index is 631. The molecular weight excluding hydrogens is 311 g/mol. The maximum absolute atomic E-state index is 13.8. The number of alkyl halides is 1. The molecule has 0 spiro atoms. The van der Waals surface area contributed by atoms with E-state index < -0.39 is 16.2 Å². The first-order valence-corrected chi connectivity index (χ1v) is 8.99. The first-order chi connectivity index (χ1) is 10.4. The summed E-state index contributed by atoms with van der Waals surface area (Å²) in [5.74, 6) is 0.972. The van der Waals surface area contributed by atoms with Gasteiger partial charge < -0.3 is 4.52 Å². The van der Waals surface area contributed by atoms with Gasteiger partial charge in [-0.1, -0.05) is 5.16 Å². The van der Waals surface area contributed by atoms with Gasteiger partial charge in [0, 0.05) is 33.1 Å². The van der Waals surface area contributed by atoms with Crippen LogP contribution in [-0.4, -0.2) is 65.4 Å². The third-order valence-corrected chi connectivity index (χ3v) is 6.57. The number of rotatable bonds is 6. The van der Waals surface area contributed by atoms with Crippen molar-refractivity contribution >= 4 is 10.0 Å². The number of hydrogen-bond acceptors (Lipinski definition) is 6. The molecule has 3 rings (SSSR count). The fourth-order valence-corrected chi connectivity index (χ4v) is 4.53. The van der Waals surface area contributed by atoms with Crippen molar-refractivity contribution in [3.05, 3.63) is 11.7 Å². The molecule has 7 nitrogen and oxygen atoms in total. The molecule has 0 unspecified atom stereocenters. The number of aromatic nitrogens is 2. The van der Waals surface area contributed by atoms with Crippen LogP contribution in [0.2, 0.25) is 0 Å². The van der Waals surface area contributed by atoms with E-state index in [0.29, 0.717) is 31.2 Å². The molecular formula is C13H21FN4O3S. The Morgan fingerprint density at radius 1 is 1.45 bits per heavy atom. The van der Waals surface area contributed by atoms with Crippen LogP contribution in [0.25, 0.3) is 0 Å². The molecule has 22 heavy (non-hydrogen) atoms. The summed E-state index contributed by atoms with van der Waals surface area (Å²) >= 11 is 0. The maximum Gasteiger partial charge on any atom is 0.223 e. The fraction of sp³-hybridized carbons (Fsp3) is 0.846. The van der Waals surface area contributed by atoms with Crippen LogP contribution >= 0.6 is 0 Å². The van der Waals surface area contributed by atoms with Crippen LogP contribution in [0.3, 0.4) is 0 Å². The topological polar surface area (TPSA) is 79.5 Å². The molecule has 0 amide bonds. The van der Waals surface area contributed by atoms with Gasteiger partial charge in [-0.15, -0.1) is 0 Å². The quantitative estimate of drug-likeness (QED) is 0.763. The van der Waals surface area contributed by atoms with Gasteiger partial charge in [0.25, 0.3) is 0 Å². The molecule has 1 aromatic rings. The molecule has 1 aliphatic carbocycles. The van der Waals surface area contributed by atoms with Crippen molar-refractivity contribution in [2.75, 3.05) is 20.1 Å². The predicted molar refractivity (Wildman–Crippen MR) is 77.3 cm³/mol. The summed E-state index contributed by atoms with van der Waals surface area (Å²) in [4.78, 5) is 6.02. The summed E-state index contributed by atoms with van der Waals surface area (Å²) in [5.41, 5.74) is 0. The number of aryl methyl sites for hydroxylation is 1. The highest BCUT2D eigenvalue weighted by Crippen LogP contribution is 2.31. The number of halogens is 1. The molecule has 2 aliphatic rings. The lowest BCUT2D eigenvalue weighted by Crippen LogP contribution is -2.42. The van der Waals surface area contributed by atoms with E-state index in [9.17, 15) is 12.8 Å². The molecule has 2 heterocycles. The summed E-state index contributed by atoms with van der Waals surface area (Å²) in [6.07, 6.45) is 0.848. The highest BCUT2D eigenvalue weighted by atomic mass is 32.2. The predicted octanol–water partition coefficient (Wildman–Crippen LogP) is 0.714. The molecule has 124 valence electrons. The monoisotopic (exact) mass is 332 g/mol. The molecule has 2 fully saturated rings. The van der Waals surface area contributed by atoms with E-state index in [4.69, 9.17) is 4.52 Å². The highest BCUT2D eigenvalue weighted by Gasteiger charge is 2.41. The van der Waals surface area contributed by atoms with Gasteiger partial charge >= 0.3 is 0 Å². The molecule has 0 radical (unpaired) electrons. The molecule has 1 aliphatic heterocycles. The van der Waals surface area contributed by atoms with Crippen molar-refractivity contribution in [1.29, 1.82) is 0 Å². The van der Waals surface area contributed by atoms with Crippen LogP contribution < -0.4 is 0 Å². The number of hydrogen-bond donors (Lipinski definition) is 0. The Balaban J connectivity index is 1.65. The molecule has 0 aromatic carbocycles. The second-order valence-corrected chi connectivity index (χ2v) is 8.49. The lowest BCUT2D eigenvalue weighted by molar-refractivity contribution is 0.207. The van der Waals surface area contributed by atoms with Crippen molar-refractivity contribution in [3.63, 3.8) is 0 Å². The zero-order chi connectivity index (χ0) is 15.9. The number of nitrogens with zero attached hydrogens (tertiary/aromatic N) is 4. The number of likely N-dealkylation sites (tertiary alicyclic amines) is 1. The standard InChI is InChI=1S/C13H21FN4O3S/c1-9-15-13(16-21-9)8-18-6-10(14)5-11(18)7-17(2)22(19,20)12-3-4-12/h10-12H,3-8H2,1-2H3/t10-,11-/m0/s1. The van der Waals surface area contributed by atoms with Crippen molar-refractivity contribution < 1.29 is 17.3 Å². The third kappa shape index (κ3) is 3.31. The largest absolute Gasteiger partial charge is 0.340 e. The van der Waals surface area contributed by atoms with Gasteiger partial charge in [-0.3, -0.25) is 4.90 Å². The zero-order valence-electron chi connectivity index (χ0n) is 12.8. The summed E-state index contributed by atoms with van der Waals surface area (Å²) < 4.78 is 44.5. The molecule has 1 aromatic heterocycles. The van der Waals surface area contributed by atoms with Crippen LogP contribution in [0, 0.1) is 6.92 Å². The minimum Gasteiger partial charge on any atom is -0.340 e. The van der Waals surface area contributed by atoms with E-state index >= 15 is 0 Å². The van der Waals surface area contributed by atoms with Gasteiger partial charge in [-0.2, -0.15) is 4.98 Å². The summed E-state index contributed by atoms with van der Waals surface area (Å²) in [6.45, 7) is 2.65. The van der Waals surface area contributed by atoms with Crippen molar-refractivity contribution in [2.45, 2.75) is 50.2 Å². The van der Waals surface area contributed by atoms with Crippen LogP contribution in [-0.2, 0) is 16.6 Å². The van der Waals surface area contributed by atoms with Crippen LogP contribution in [0.15, 0.2) is 4.52 Å². The van der Waals surface area contributed by atoms with E-state index in [2.05, 4.69) is 10.1 Å². The van der Waals surface area contributed by atoms with E-state index in [-0.39, 0.29) is 17.8 Å². The van der Waals surface area contributed by atoms with Gasteiger partial charge in [0.2, 0.25) is 15.9 Å². The smallest absolute Gasteiger partial charge is 0.223 e. The Morgan fingerprint density at radius 2 is 2.18 bits per heavy atom. The number of likely N-dealkylation sites (N-methyl/N-ethyl adjacent to an activating group) is 1. The van der Waals surface area contributed by atoms with E-state index in [1.807, 2.05) is 4.90 Å². The fourth-order valence-electron chi connectivity index (χ4n) is 2.91. The van der Waals surface area contributed by atoms with Crippen molar-refractivity contribution in [2.24, 2.45) is 0 Å². The van der Waals surface area contributed by atoms with Crippen LogP contribution in [0.4, 0.5) is 4.39 Å². The van der Waals surface area contributed by atoms with Crippen LogP contribution in [0.1, 0.15) is 31.0 Å². The highest BCUT2D eigenvalue weighted by molar-refractivity contribution is 7.90. The average Bonchev–Trinajstić information content (AvgIpc) is 3.15. The van der Waals surface area contributed by atoms with Gasteiger partial charge in [-0.25, -0.2) is 17.1 Å². The average molecular weight is 332 g/mol. The molecule has 0 N–H and O–H groups in total. The van der Waals surface area contributed by atoms with Crippen molar-refractivity contribution in [1.82, 2.24) is 19.3 Å². The number of sulfonamides is 1. The van der Waals surface area contributed by atoms with Gasteiger partial charge in [-0.05, 0) is 19.3 Å². The van der Waals surface area contributed by atoms with Gasteiger partial charge in [0.15, 0.2) is 5.82 Å². The second-order valence-electron chi connectivity index (χ2n) is 6.17. The Morgan fingerprint density at radius 3 is 2.77 bits per heavy atom. The van der Waals surface area contributed by atoms with Crippen molar-refractivity contribution in [3.8, 4) is 0 Å². The summed E-state index contributed by atoms with van der Waals surface area (Å²) in [7, 11) is -1.65. The lowest BCUT2D eigenvalue weighted by atomic mass is 10.2. The summed E-state index contributed by atoms with van der Waals surface area (Å²) in [6, 6.07) is -0.160. The Kier molecular flexibility index (Phi) is 4.21. The zero-order valence-corrected chi connectivity index (χ0v) is 13.6. The maximum atomic E-state index is 13.8. The normalized spacial score (nSPS) is 26.9. The second kappa shape index (κ2) is 5.86. The molecule has 9 heteroatoms. The Labute approximate surface area is 129 Å². The SMILES string of the molecule is Cc1nc(CN2C[C@@H](F)C[C@H]2CN(C)S(=O)(=O)C2CC2)no1. The first kappa shape index (κ1) is 15.8. The molecule has 1 saturated heterocycles.